The summed E-state index contributed by atoms with van der Waals surface area (Å²) in [5.74, 6) is 1.56. The van der Waals surface area contributed by atoms with Gasteiger partial charge in [0.2, 0.25) is 23.0 Å². The van der Waals surface area contributed by atoms with Gasteiger partial charge >= 0.3 is 0 Å². The Morgan fingerprint density at radius 2 is 1.96 bits per heavy atom. The maximum absolute atomic E-state index is 12.2. The Morgan fingerprint density at radius 3 is 2.70 bits per heavy atom. The molecule has 2 aromatic heterocycles. The van der Waals surface area contributed by atoms with Crippen LogP contribution in [0.25, 0.3) is 5.78 Å². The third-order valence-electron chi connectivity index (χ3n) is 3.49. The van der Waals surface area contributed by atoms with Gasteiger partial charge in [0.15, 0.2) is 0 Å². The monoisotopic (exact) mass is 386 g/mol. The van der Waals surface area contributed by atoms with Gasteiger partial charge in [-0.15, -0.1) is 5.10 Å². The van der Waals surface area contributed by atoms with Crippen molar-refractivity contribution < 1.29 is 4.79 Å². The summed E-state index contributed by atoms with van der Waals surface area (Å²) in [7, 11) is 0. The van der Waals surface area contributed by atoms with Crippen molar-refractivity contribution in [2.24, 2.45) is 0 Å². The van der Waals surface area contributed by atoms with E-state index in [0.29, 0.717) is 35.9 Å². The Bertz CT molecular complexity index is 942. The molecule has 9 nitrogen and oxygen atoms in total. The molecule has 0 bridgehead atoms. The highest BCUT2D eigenvalue weighted by Gasteiger charge is 2.14. The van der Waals surface area contributed by atoms with Crippen LogP contribution in [0, 0.1) is 6.92 Å². The number of carbonyl (C=O) groups is 1. The molecule has 1 amide bonds. The van der Waals surface area contributed by atoms with Gasteiger partial charge in [-0.1, -0.05) is 23.9 Å². The van der Waals surface area contributed by atoms with Gasteiger partial charge in [0.05, 0.1) is 5.75 Å². The van der Waals surface area contributed by atoms with Crippen molar-refractivity contribution in [3.8, 4) is 0 Å². The first-order valence-electron chi connectivity index (χ1n) is 8.71. The summed E-state index contributed by atoms with van der Waals surface area (Å²) in [6.07, 6.45) is 0. The van der Waals surface area contributed by atoms with Crippen LogP contribution in [0.5, 0.6) is 0 Å². The predicted molar refractivity (Wildman–Crippen MR) is 107 cm³/mol. The van der Waals surface area contributed by atoms with Crippen molar-refractivity contribution in [3.63, 3.8) is 0 Å². The molecule has 3 aromatic rings. The molecule has 10 heteroatoms. The molecule has 0 spiro atoms. The summed E-state index contributed by atoms with van der Waals surface area (Å²) in [4.78, 5) is 25.3. The van der Waals surface area contributed by atoms with Crippen molar-refractivity contribution in [1.29, 1.82) is 0 Å². The molecule has 0 saturated carbocycles. The summed E-state index contributed by atoms with van der Waals surface area (Å²) >= 11 is 1.25. The number of amides is 1. The van der Waals surface area contributed by atoms with E-state index in [1.165, 1.54) is 11.8 Å². The van der Waals surface area contributed by atoms with Crippen LogP contribution in [0.4, 0.5) is 17.6 Å². The maximum atomic E-state index is 12.2. The molecule has 2 heterocycles. The van der Waals surface area contributed by atoms with Crippen LogP contribution in [0.15, 0.2) is 29.4 Å². The number of hydrogen-bond acceptors (Lipinski definition) is 8. The molecule has 0 unspecified atom stereocenters. The number of rotatable bonds is 8. The largest absolute Gasteiger partial charge is 0.354 e. The Hall–Kier alpha value is -2.88. The fourth-order valence-corrected chi connectivity index (χ4v) is 3.01. The highest BCUT2D eigenvalue weighted by Crippen LogP contribution is 2.18. The number of hydrogen-bond donors (Lipinski definition) is 3. The normalized spacial score (nSPS) is 10.8. The minimum Gasteiger partial charge on any atom is -0.354 e. The number of aryl methyl sites for hydroxylation is 1. The summed E-state index contributed by atoms with van der Waals surface area (Å²) in [5.41, 5.74) is 1.87. The van der Waals surface area contributed by atoms with Crippen molar-refractivity contribution in [1.82, 2.24) is 24.6 Å². The number of nitrogens with zero attached hydrogens (tertiary/aromatic N) is 5. The number of anilines is 3. The fourth-order valence-electron chi connectivity index (χ4n) is 2.39. The average Bonchev–Trinajstić information content (AvgIpc) is 3.04. The first-order chi connectivity index (χ1) is 13.1. The predicted octanol–water partition coefficient (Wildman–Crippen LogP) is 2.42. The lowest BCUT2D eigenvalue weighted by Gasteiger charge is -2.06. The van der Waals surface area contributed by atoms with Crippen LogP contribution in [-0.2, 0) is 4.79 Å². The maximum Gasteiger partial charge on any atom is 0.259 e. The SMILES string of the molecule is CCNc1nc(NCC)n2nc(SCC(=O)Nc3cccc(C)c3)nc2n1. The van der Waals surface area contributed by atoms with E-state index >= 15 is 0 Å². The Morgan fingerprint density at radius 1 is 1.15 bits per heavy atom. The minimum absolute atomic E-state index is 0.115. The third kappa shape index (κ3) is 4.85. The lowest BCUT2D eigenvalue weighted by molar-refractivity contribution is -0.113. The molecule has 0 radical (unpaired) electrons. The summed E-state index contributed by atoms with van der Waals surface area (Å²) < 4.78 is 1.55. The van der Waals surface area contributed by atoms with E-state index in [2.05, 4.69) is 36.0 Å². The van der Waals surface area contributed by atoms with Crippen molar-refractivity contribution in [2.75, 3.05) is 34.8 Å². The van der Waals surface area contributed by atoms with E-state index in [4.69, 9.17) is 0 Å². The highest BCUT2D eigenvalue weighted by atomic mass is 32.2. The minimum atomic E-state index is -0.115. The standard InChI is InChI=1S/C17H22N8OS/c1-4-18-14-21-15(19-5-2)25-16(22-14)23-17(24-25)27-10-13(26)20-12-8-6-7-11(3)9-12/h6-9H,4-5,10H2,1-3H3,(H,20,26)(H2,18,19,21,22,23,24). The van der Waals surface area contributed by atoms with Gasteiger partial charge in [-0.05, 0) is 38.5 Å². The Balaban J connectivity index is 1.71. The van der Waals surface area contributed by atoms with Gasteiger partial charge in [0.1, 0.15) is 0 Å². The van der Waals surface area contributed by atoms with Gasteiger partial charge in [0.25, 0.3) is 5.78 Å². The number of benzene rings is 1. The zero-order valence-electron chi connectivity index (χ0n) is 15.5. The van der Waals surface area contributed by atoms with Gasteiger partial charge in [0, 0.05) is 18.8 Å². The van der Waals surface area contributed by atoms with Crippen molar-refractivity contribution in [3.05, 3.63) is 29.8 Å². The van der Waals surface area contributed by atoms with Crippen molar-refractivity contribution >= 4 is 41.0 Å². The summed E-state index contributed by atoms with van der Waals surface area (Å²) in [6, 6.07) is 7.67. The Labute approximate surface area is 161 Å². The van der Waals surface area contributed by atoms with Gasteiger partial charge in [-0.3, -0.25) is 4.79 Å². The fraction of sp³-hybridized carbons (Fsp3) is 0.353. The van der Waals surface area contributed by atoms with E-state index in [0.717, 1.165) is 11.3 Å². The molecule has 142 valence electrons. The first kappa shape index (κ1) is 18.9. The van der Waals surface area contributed by atoms with Crippen LogP contribution in [0.1, 0.15) is 19.4 Å². The second-order valence-electron chi connectivity index (χ2n) is 5.74. The second-order valence-corrected chi connectivity index (χ2v) is 6.69. The molecule has 3 N–H and O–H groups in total. The smallest absolute Gasteiger partial charge is 0.259 e. The second kappa shape index (κ2) is 8.67. The molecule has 1 aromatic carbocycles. The van der Waals surface area contributed by atoms with Gasteiger partial charge < -0.3 is 16.0 Å². The molecule has 0 atom stereocenters. The molecule has 3 rings (SSSR count). The van der Waals surface area contributed by atoms with Crippen LogP contribution >= 0.6 is 11.8 Å². The van der Waals surface area contributed by atoms with Crippen molar-refractivity contribution in [2.45, 2.75) is 25.9 Å². The molecule has 0 aliphatic rings. The Kier molecular flexibility index (Phi) is 6.07. The number of aromatic nitrogens is 5. The molecular formula is C17H22N8OS. The van der Waals surface area contributed by atoms with E-state index in [1.54, 1.807) is 4.52 Å². The van der Waals surface area contributed by atoms with Crippen LogP contribution in [0.3, 0.4) is 0 Å². The zero-order valence-corrected chi connectivity index (χ0v) is 16.3. The topological polar surface area (TPSA) is 109 Å². The lowest BCUT2D eigenvalue weighted by Crippen LogP contribution is -2.14. The molecule has 0 saturated heterocycles. The molecule has 0 fully saturated rings. The van der Waals surface area contributed by atoms with Crippen LogP contribution < -0.4 is 16.0 Å². The van der Waals surface area contributed by atoms with E-state index in [1.807, 2.05) is 45.0 Å². The molecule has 0 aliphatic carbocycles. The van der Waals surface area contributed by atoms with Crippen LogP contribution in [0.2, 0.25) is 0 Å². The van der Waals surface area contributed by atoms with E-state index < -0.39 is 0 Å². The van der Waals surface area contributed by atoms with E-state index in [9.17, 15) is 4.79 Å². The number of carbonyl (C=O) groups excluding carboxylic acids is 1. The molecular weight excluding hydrogens is 364 g/mol. The number of thioether (sulfide) groups is 1. The zero-order chi connectivity index (χ0) is 19.2. The summed E-state index contributed by atoms with van der Waals surface area (Å²) in [6.45, 7) is 7.33. The van der Waals surface area contributed by atoms with Gasteiger partial charge in [-0.2, -0.15) is 19.5 Å². The third-order valence-corrected chi connectivity index (χ3v) is 4.33. The quantitative estimate of drug-likeness (QED) is 0.507. The van der Waals surface area contributed by atoms with Crippen LogP contribution in [-0.4, -0.2) is 49.3 Å². The summed E-state index contributed by atoms with van der Waals surface area (Å²) in [5, 5.41) is 14.0. The molecule has 27 heavy (non-hydrogen) atoms. The lowest BCUT2D eigenvalue weighted by atomic mass is 10.2. The highest BCUT2D eigenvalue weighted by molar-refractivity contribution is 7.99. The average molecular weight is 386 g/mol. The van der Waals surface area contributed by atoms with E-state index in [-0.39, 0.29) is 11.7 Å². The molecule has 0 aliphatic heterocycles. The number of fused-ring (bicyclic) bond motifs is 1. The first-order valence-corrected chi connectivity index (χ1v) is 9.69. The number of nitrogens with one attached hydrogen (secondary N) is 3. The van der Waals surface area contributed by atoms with Gasteiger partial charge in [-0.25, -0.2) is 0 Å².